The fraction of sp³-hybridized carbons (Fsp3) is 0.182. The summed E-state index contributed by atoms with van der Waals surface area (Å²) >= 11 is 12.9. The van der Waals surface area contributed by atoms with Crippen molar-refractivity contribution >= 4 is 44.6 Å². The van der Waals surface area contributed by atoms with Crippen molar-refractivity contribution in [2.24, 2.45) is 5.73 Å². The first kappa shape index (κ1) is 16.5. The molecule has 0 aliphatic rings. The summed E-state index contributed by atoms with van der Waals surface area (Å²) in [5, 5.41) is 1.85. The Hall–Kier alpha value is -0.900. The molecule has 0 aliphatic carbocycles. The molecule has 0 aliphatic heterocycles. The Kier molecular flexibility index (Phi) is 5.07. The van der Waals surface area contributed by atoms with Gasteiger partial charge in [-0.3, -0.25) is 4.79 Å². The van der Waals surface area contributed by atoms with Gasteiger partial charge in [-0.15, -0.1) is 0 Å². The molecule has 10 heteroatoms. The number of benzene rings is 1. The number of hydrogen-bond acceptors (Lipinski definition) is 5. The fourth-order valence-corrected chi connectivity index (χ4v) is 4.14. The Morgan fingerprint density at radius 1 is 1.33 bits per heavy atom. The lowest BCUT2D eigenvalue weighted by atomic mass is 10.2. The van der Waals surface area contributed by atoms with Crippen LogP contribution in [0.25, 0.3) is 0 Å². The van der Waals surface area contributed by atoms with Gasteiger partial charge < -0.3 is 10.7 Å². The minimum Gasteiger partial charge on any atom is -0.326 e. The smallest absolute Gasteiger partial charge is 0.304 e. The Labute approximate surface area is 134 Å². The van der Waals surface area contributed by atoms with Gasteiger partial charge in [0.15, 0.2) is 0 Å². The molecule has 2 aromatic rings. The summed E-state index contributed by atoms with van der Waals surface area (Å²) in [5.41, 5.74) is 6.34. The average Bonchev–Trinajstić information content (AvgIpc) is 2.83. The molecule has 1 aromatic carbocycles. The molecule has 4 N–H and O–H groups in total. The topological polar surface area (TPSA) is 105 Å². The van der Waals surface area contributed by atoms with Crippen LogP contribution in [0.5, 0.6) is 0 Å². The normalized spacial score (nSPS) is 11.8. The van der Waals surface area contributed by atoms with E-state index in [1.165, 1.54) is 12.1 Å². The number of nitrogens with one attached hydrogen (secondary N) is 2. The van der Waals surface area contributed by atoms with Gasteiger partial charge >= 0.3 is 4.87 Å². The zero-order valence-corrected chi connectivity index (χ0v) is 13.7. The van der Waals surface area contributed by atoms with Gasteiger partial charge in [-0.25, -0.2) is 13.1 Å². The fourth-order valence-electron chi connectivity index (χ4n) is 1.62. The molecule has 0 fully saturated rings. The second-order valence-corrected chi connectivity index (χ2v) is 7.40. The van der Waals surface area contributed by atoms with Crippen LogP contribution in [0.15, 0.2) is 27.2 Å². The zero-order valence-electron chi connectivity index (χ0n) is 10.5. The van der Waals surface area contributed by atoms with E-state index >= 15 is 0 Å². The van der Waals surface area contributed by atoms with E-state index < -0.39 is 10.0 Å². The van der Waals surface area contributed by atoms with Crippen molar-refractivity contribution in [1.29, 1.82) is 0 Å². The van der Waals surface area contributed by atoms with Crippen LogP contribution in [0.3, 0.4) is 0 Å². The average molecular weight is 368 g/mol. The summed E-state index contributed by atoms with van der Waals surface area (Å²) < 4.78 is 26.8. The molecule has 0 bridgehead atoms. The van der Waals surface area contributed by atoms with Crippen molar-refractivity contribution in [3.05, 3.63) is 48.5 Å². The van der Waals surface area contributed by atoms with Gasteiger partial charge in [0.2, 0.25) is 10.0 Å². The van der Waals surface area contributed by atoms with Crippen molar-refractivity contribution in [1.82, 2.24) is 9.71 Å². The van der Waals surface area contributed by atoms with Crippen LogP contribution in [0, 0.1) is 0 Å². The van der Waals surface area contributed by atoms with Crippen LogP contribution >= 0.6 is 34.5 Å². The highest BCUT2D eigenvalue weighted by molar-refractivity contribution is 7.89. The Balaban J connectivity index is 2.29. The third kappa shape index (κ3) is 3.65. The standard InChI is InChI=1S/C11H11Cl2N3O3S2/c12-8-1-2-9(10(13)7(8)3-14)21(18,19)15-4-6-5-20-11(17)16-6/h1-2,5,15H,3-4,14H2,(H,16,17). The third-order valence-corrected chi connectivity index (χ3v) is 5.73. The van der Waals surface area contributed by atoms with Crippen LogP contribution in [-0.4, -0.2) is 13.4 Å². The van der Waals surface area contributed by atoms with Crippen LogP contribution in [0.2, 0.25) is 10.0 Å². The molecule has 0 radical (unpaired) electrons. The second-order valence-electron chi connectivity index (χ2n) is 4.04. The number of aromatic amines is 1. The second kappa shape index (κ2) is 6.47. The SMILES string of the molecule is NCc1c(Cl)ccc(S(=O)(=O)NCc2csc(=O)[nH]2)c1Cl. The van der Waals surface area contributed by atoms with Crippen molar-refractivity contribution in [3.63, 3.8) is 0 Å². The monoisotopic (exact) mass is 367 g/mol. The van der Waals surface area contributed by atoms with Crippen LogP contribution < -0.4 is 15.3 Å². The molecule has 114 valence electrons. The minimum absolute atomic E-state index is 0.00341. The van der Waals surface area contributed by atoms with Crippen molar-refractivity contribution in [2.75, 3.05) is 0 Å². The Morgan fingerprint density at radius 2 is 2.05 bits per heavy atom. The molecular formula is C11H11Cl2N3O3S2. The summed E-state index contributed by atoms with van der Waals surface area (Å²) in [6.07, 6.45) is 0. The number of thiazole rings is 1. The summed E-state index contributed by atoms with van der Waals surface area (Å²) in [7, 11) is -3.84. The summed E-state index contributed by atoms with van der Waals surface area (Å²) in [6.45, 7) is -0.0170. The van der Waals surface area contributed by atoms with Gasteiger partial charge in [0.05, 0.1) is 11.6 Å². The first-order valence-electron chi connectivity index (χ1n) is 5.68. The van der Waals surface area contributed by atoms with Gasteiger partial charge in [-0.1, -0.05) is 34.5 Å². The molecule has 1 heterocycles. The summed E-state index contributed by atoms with van der Waals surface area (Å²) in [5.74, 6) is 0. The number of H-pyrrole nitrogens is 1. The summed E-state index contributed by atoms with van der Waals surface area (Å²) in [6, 6.07) is 2.74. The van der Waals surface area contributed by atoms with E-state index in [1.807, 2.05) is 0 Å². The molecule has 0 unspecified atom stereocenters. The highest BCUT2D eigenvalue weighted by Gasteiger charge is 2.21. The molecule has 1 aromatic heterocycles. The predicted molar refractivity (Wildman–Crippen MR) is 83.3 cm³/mol. The number of sulfonamides is 1. The maximum absolute atomic E-state index is 12.2. The molecule has 0 spiro atoms. The highest BCUT2D eigenvalue weighted by Crippen LogP contribution is 2.30. The maximum Gasteiger partial charge on any atom is 0.304 e. The molecule has 2 rings (SSSR count). The zero-order chi connectivity index (χ0) is 15.6. The van der Waals surface area contributed by atoms with Crippen molar-refractivity contribution in [2.45, 2.75) is 18.0 Å². The minimum atomic E-state index is -3.84. The van der Waals surface area contributed by atoms with E-state index in [2.05, 4.69) is 9.71 Å². The number of halogens is 2. The predicted octanol–water partition coefficient (Wildman–Crippen LogP) is 1.68. The van der Waals surface area contributed by atoms with Crippen LogP contribution in [0.4, 0.5) is 0 Å². The molecule has 6 nitrogen and oxygen atoms in total. The Morgan fingerprint density at radius 3 is 2.62 bits per heavy atom. The highest BCUT2D eigenvalue weighted by atomic mass is 35.5. The molecule has 0 atom stereocenters. The van der Waals surface area contributed by atoms with Crippen molar-refractivity contribution in [3.8, 4) is 0 Å². The lowest BCUT2D eigenvalue weighted by molar-refractivity contribution is 0.580. The molecule has 21 heavy (non-hydrogen) atoms. The molecule has 0 amide bonds. The largest absolute Gasteiger partial charge is 0.326 e. The van der Waals surface area contributed by atoms with E-state index in [4.69, 9.17) is 28.9 Å². The molecule has 0 saturated carbocycles. The quantitative estimate of drug-likeness (QED) is 0.747. The number of hydrogen-bond donors (Lipinski definition) is 3. The van der Waals surface area contributed by atoms with Crippen LogP contribution in [-0.2, 0) is 23.1 Å². The molecular weight excluding hydrogens is 357 g/mol. The lowest BCUT2D eigenvalue weighted by Crippen LogP contribution is -2.24. The van der Waals surface area contributed by atoms with E-state index in [9.17, 15) is 13.2 Å². The van der Waals surface area contributed by atoms with Gasteiger partial charge in [0, 0.05) is 28.2 Å². The number of rotatable bonds is 5. The third-order valence-electron chi connectivity index (χ3n) is 2.67. The van der Waals surface area contributed by atoms with Crippen LogP contribution in [0.1, 0.15) is 11.3 Å². The van der Waals surface area contributed by atoms with Gasteiger partial charge in [-0.2, -0.15) is 0 Å². The lowest BCUT2D eigenvalue weighted by Gasteiger charge is -2.11. The van der Waals surface area contributed by atoms with Gasteiger partial charge in [0.25, 0.3) is 0 Å². The summed E-state index contributed by atoms with van der Waals surface area (Å²) in [4.78, 5) is 13.1. The van der Waals surface area contributed by atoms with Crippen molar-refractivity contribution < 1.29 is 8.42 Å². The number of aromatic nitrogens is 1. The maximum atomic E-state index is 12.2. The van der Waals surface area contributed by atoms with E-state index in [0.29, 0.717) is 16.3 Å². The first-order chi connectivity index (χ1) is 9.85. The van der Waals surface area contributed by atoms with E-state index in [1.54, 1.807) is 5.38 Å². The first-order valence-corrected chi connectivity index (χ1v) is 8.80. The number of nitrogens with two attached hydrogens (primary N) is 1. The Bertz CT molecular complexity index is 814. The van der Waals surface area contributed by atoms with Gasteiger partial charge in [0.1, 0.15) is 4.90 Å². The van der Waals surface area contributed by atoms with E-state index in [0.717, 1.165) is 11.3 Å². The molecule has 0 saturated heterocycles. The van der Waals surface area contributed by atoms with Gasteiger partial charge in [-0.05, 0) is 12.1 Å². The van der Waals surface area contributed by atoms with E-state index in [-0.39, 0.29) is 27.9 Å².